The third-order valence-electron chi connectivity index (χ3n) is 3.01. The SMILES string of the molecule is COC(=O)[C@@](N)(CF)Cc1c[nH]c2ccccc12. The number of alkyl halides is 1. The second-order valence-electron chi connectivity index (χ2n) is 4.32. The number of hydrogen-bond acceptors (Lipinski definition) is 3. The molecule has 4 nitrogen and oxygen atoms in total. The molecule has 0 aliphatic carbocycles. The van der Waals surface area contributed by atoms with E-state index in [1.54, 1.807) is 6.20 Å². The van der Waals surface area contributed by atoms with Crippen LogP contribution in [0.5, 0.6) is 0 Å². The number of nitrogens with one attached hydrogen (secondary N) is 1. The van der Waals surface area contributed by atoms with Gasteiger partial charge >= 0.3 is 5.97 Å². The first-order valence-electron chi connectivity index (χ1n) is 5.59. The van der Waals surface area contributed by atoms with Crippen LogP contribution in [-0.4, -0.2) is 30.3 Å². The number of rotatable bonds is 4. The Morgan fingerprint density at radius 3 is 2.89 bits per heavy atom. The lowest BCUT2D eigenvalue weighted by atomic mass is 9.93. The summed E-state index contributed by atoms with van der Waals surface area (Å²) in [7, 11) is 1.20. The summed E-state index contributed by atoms with van der Waals surface area (Å²) in [5.74, 6) is -0.740. The topological polar surface area (TPSA) is 68.1 Å². The number of para-hydroxylation sites is 1. The molecule has 1 aromatic heterocycles. The smallest absolute Gasteiger partial charge is 0.328 e. The summed E-state index contributed by atoms with van der Waals surface area (Å²) in [6, 6.07) is 7.58. The molecule has 96 valence electrons. The van der Waals surface area contributed by atoms with Gasteiger partial charge in [0.25, 0.3) is 0 Å². The predicted octanol–water partition coefficient (Wildman–Crippen LogP) is 1.55. The van der Waals surface area contributed by atoms with E-state index in [9.17, 15) is 9.18 Å². The predicted molar refractivity (Wildman–Crippen MR) is 66.9 cm³/mol. The Bertz CT molecular complexity index is 567. The number of methoxy groups -OCH3 is 1. The first kappa shape index (κ1) is 12.6. The van der Waals surface area contributed by atoms with Crippen LogP contribution in [0.25, 0.3) is 10.9 Å². The third-order valence-corrected chi connectivity index (χ3v) is 3.01. The average molecular weight is 250 g/mol. The number of esters is 1. The van der Waals surface area contributed by atoms with Gasteiger partial charge in [0.2, 0.25) is 0 Å². The number of halogens is 1. The zero-order valence-electron chi connectivity index (χ0n) is 10.1. The Morgan fingerprint density at radius 2 is 2.22 bits per heavy atom. The van der Waals surface area contributed by atoms with Gasteiger partial charge in [0.15, 0.2) is 0 Å². The van der Waals surface area contributed by atoms with E-state index in [1.807, 2.05) is 24.3 Å². The molecule has 5 heteroatoms. The lowest BCUT2D eigenvalue weighted by Crippen LogP contribution is -2.52. The van der Waals surface area contributed by atoms with E-state index in [1.165, 1.54) is 7.11 Å². The highest BCUT2D eigenvalue weighted by atomic mass is 19.1. The van der Waals surface area contributed by atoms with E-state index >= 15 is 0 Å². The Morgan fingerprint density at radius 1 is 1.50 bits per heavy atom. The molecule has 1 heterocycles. The average Bonchev–Trinajstić information content (AvgIpc) is 2.81. The fraction of sp³-hybridized carbons (Fsp3) is 0.308. The van der Waals surface area contributed by atoms with Gasteiger partial charge in [0, 0.05) is 23.5 Å². The molecule has 0 fully saturated rings. The largest absolute Gasteiger partial charge is 0.468 e. The number of nitrogens with two attached hydrogens (primary N) is 1. The van der Waals surface area contributed by atoms with Crippen LogP contribution in [0.4, 0.5) is 4.39 Å². The summed E-state index contributed by atoms with van der Waals surface area (Å²) in [6.45, 7) is -0.959. The van der Waals surface area contributed by atoms with E-state index in [-0.39, 0.29) is 6.42 Å². The minimum Gasteiger partial charge on any atom is -0.468 e. The maximum absolute atomic E-state index is 13.0. The van der Waals surface area contributed by atoms with Gasteiger partial charge in [0.05, 0.1) is 7.11 Å². The number of carbonyl (C=O) groups excluding carboxylic acids is 1. The van der Waals surface area contributed by atoms with Gasteiger partial charge in [0.1, 0.15) is 12.2 Å². The number of benzene rings is 1. The Balaban J connectivity index is 2.35. The molecule has 0 aliphatic heterocycles. The molecule has 2 rings (SSSR count). The molecule has 1 aromatic carbocycles. The number of H-pyrrole nitrogens is 1. The van der Waals surface area contributed by atoms with E-state index in [2.05, 4.69) is 9.72 Å². The fourth-order valence-corrected chi connectivity index (χ4v) is 1.99. The zero-order chi connectivity index (χ0) is 13.2. The van der Waals surface area contributed by atoms with Crippen LogP contribution in [0.15, 0.2) is 30.5 Å². The molecule has 0 aliphatic rings. The highest BCUT2D eigenvalue weighted by molar-refractivity contribution is 5.86. The van der Waals surface area contributed by atoms with Crippen molar-refractivity contribution in [2.75, 3.05) is 13.8 Å². The third kappa shape index (κ3) is 2.09. The van der Waals surface area contributed by atoms with Crippen molar-refractivity contribution in [3.05, 3.63) is 36.0 Å². The summed E-state index contributed by atoms with van der Waals surface area (Å²) in [6.07, 6.45) is 1.84. The maximum Gasteiger partial charge on any atom is 0.328 e. The monoisotopic (exact) mass is 250 g/mol. The highest BCUT2D eigenvalue weighted by Crippen LogP contribution is 2.22. The number of ether oxygens (including phenoxy) is 1. The maximum atomic E-state index is 13.0. The van der Waals surface area contributed by atoms with Crippen LogP contribution in [0.1, 0.15) is 5.56 Å². The molecule has 3 N–H and O–H groups in total. The quantitative estimate of drug-likeness (QED) is 0.809. The molecular formula is C13H15FN2O2. The first-order valence-corrected chi connectivity index (χ1v) is 5.59. The summed E-state index contributed by atoms with van der Waals surface area (Å²) in [4.78, 5) is 14.6. The van der Waals surface area contributed by atoms with Crippen molar-refractivity contribution in [2.24, 2.45) is 5.73 Å². The van der Waals surface area contributed by atoms with Crippen LogP contribution in [0.3, 0.4) is 0 Å². The van der Waals surface area contributed by atoms with E-state index in [0.29, 0.717) is 0 Å². The molecule has 0 amide bonds. The van der Waals surface area contributed by atoms with E-state index in [4.69, 9.17) is 5.73 Å². The van der Waals surface area contributed by atoms with Crippen molar-refractivity contribution in [3.8, 4) is 0 Å². The Kier molecular flexibility index (Phi) is 3.34. The van der Waals surface area contributed by atoms with Crippen LogP contribution >= 0.6 is 0 Å². The van der Waals surface area contributed by atoms with Crippen molar-refractivity contribution < 1.29 is 13.9 Å². The van der Waals surface area contributed by atoms with Gasteiger partial charge in [-0.05, 0) is 11.6 Å². The van der Waals surface area contributed by atoms with Crippen LogP contribution in [0, 0.1) is 0 Å². The first-order chi connectivity index (χ1) is 8.60. The van der Waals surface area contributed by atoms with Gasteiger partial charge in [-0.25, -0.2) is 9.18 Å². The van der Waals surface area contributed by atoms with Gasteiger partial charge < -0.3 is 15.5 Å². The Labute approximate surface area is 104 Å². The normalized spacial score (nSPS) is 14.4. The van der Waals surface area contributed by atoms with Crippen LogP contribution < -0.4 is 5.73 Å². The van der Waals surface area contributed by atoms with Crippen molar-refractivity contribution in [2.45, 2.75) is 12.0 Å². The minimum atomic E-state index is -1.63. The van der Waals surface area contributed by atoms with Gasteiger partial charge in [-0.2, -0.15) is 0 Å². The summed E-state index contributed by atoms with van der Waals surface area (Å²) in [5, 5.41) is 0.935. The number of fused-ring (bicyclic) bond motifs is 1. The van der Waals surface area contributed by atoms with Crippen LogP contribution in [0.2, 0.25) is 0 Å². The number of aromatic nitrogens is 1. The lowest BCUT2D eigenvalue weighted by Gasteiger charge is -2.22. The summed E-state index contributed by atoms with van der Waals surface area (Å²) >= 11 is 0. The number of carbonyl (C=O) groups is 1. The highest BCUT2D eigenvalue weighted by Gasteiger charge is 2.36. The molecule has 0 bridgehead atoms. The molecule has 2 aromatic rings. The van der Waals surface area contributed by atoms with Gasteiger partial charge in [-0.15, -0.1) is 0 Å². The molecular weight excluding hydrogens is 235 g/mol. The second kappa shape index (κ2) is 4.78. The molecule has 1 atom stereocenters. The van der Waals surface area contributed by atoms with Crippen molar-refractivity contribution in [1.29, 1.82) is 0 Å². The van der Waals surface area contributed by atoms with Crippen LogP contribution in [-0.2, 0) is 16.0 Å². The van der Waals surface area contributed by atoms with E-state index < -0.39 is 18.2 Å². The molecule has 0 spiro atoms. The summed E-state index contributed by atoms with van der Waals surface area (Å²) < 4.78 is 17.6. The standard InChI is InChI=1S/C13H15FN2O2/c1-18-12(17)13(15,8-14)6-9-7-16-11-5-3-2-4-10(9)11/h2-5,7,16H,6,8,15H2,1H3/t13-/m0/s1. The van der Waals surface area contributed by atoms with Crippen molar-refractivity contribution in [1.82, 2.24) is 4.98 Å². The lowest BCUT2D eigenvalue weighted by molar-refractivity contribution is -0.147. The summed E-state index contributed by atoms with van der Waals surface area (Å²) in [5.41, 5.74) is 5.88. The molecule has 0 saturated heterocycles. The minimum absolute atomic E-state index is 0.0974. The van der Waals surface area contributed by atoms with Gasteiger partial charge in [-0.3, -0.25) is 0 Å². The van der Waals surface area contributed by atoms with Gasteiger partial charge in [-0.1, -0.05) is 18.2 Å². The zero-order valence-corrected chi connectivity index (χ0v) is 10.1. The fourth-order valence-electron chi connectivity index (χ4n) is 1.99. The molecule has 0 saturated carbocycles. The number of aromatic amines is 1. The molecule has 0 radical (unpaired) electrons. The Hall–Kier alpha value is -1.88. The second-order valence-corrected chi connectivity index (χ2v) is 4.32. The molecule has 18 heavy (non-hydrogen) atoms. The molecule has 0 unspecified atom stereocenters. The number of hydrogen-bond donors (Lipinski definition) is 2. The van der Waals surface area contributed by atoms with Crippen molar-refractivity contribution >= 4 is 16.9 Å². The van der Waals surface area contributed by atoms with E-state index in [0.717, 1.165) is 16.5 Å². The van der Waals surface area contributed by atoms with Crippen molar-refractivity contribution in [3.63, 3.8) is 0 Å².